The summed E-state index contributed by atoms with van der Waals surface area (Å²) in [5.74, 6) is -0.127. The molecule has 0 spiro atoms. The van der Waals surface area contributed by atoms with Crippen molar-refractivity contribution in [3.63, 3.8) is 0 Å². The second-order valence-corrected chi connectivity index (χ2v) is 3.98. The van der Waals surface area contributed by atoms with Gasteiger partial charge in [-0.15, -0.1) is 0 Å². The Morgan fingerprint density at radius 1 is 1.33 bits per heavy atom. The van der Waals surface area contributed by atoms with Crippen LogP contribution in [0.2, 0.25) is 0 Å². The van der Waals surface area contributed by atoms with Crippen LogP contribution in [0.3, 0.4) is 0 Å². The highest BCUT2D eigenvalue weighted by Gasteiger charge is 2.17. The molecule has 0 saturated heterocycles. The van der Waals surface area contributed by atoms with Gasteiger partial charge in [0, 0.05) is 6.92 Å². The lowest BCUT2D eigenvalue weighted by Crippen LogP contribution is -2.55. The predicted octanol–water partition coefficient (Wildman–Crippen LogP) is 1.31. The highest BCUT2D eigenvalue weighted by Crippen LogP contribution is 2.22. The zero-order chi connectivity index (χ0) is 13.1. The van der Waals surface area contributed by atoms with Crippen molar-refractivity contribution in [1.29, 1.82) is 0 Å². The normalized spacial score (nSPS) is 10.2. The van der Waals surface area contributed by atoms with Gasteiger partial charge in [-0.1, -0.05) is 30.3 Å². The summed E-state index contributed by atoms with van der Waals surface area (Å²) in [6, 6.07) is 8.83. The van der Waals surface area contributed by atoms with E-state index in [0.717, 1.165) is 0 Å². The molecule has 1 amide bonds. The van der Waals surface area contributed by atoms with Gasteiger partial charge in [0.15, 0.2) is 0 Å². The molecule has 6 nitrogen and oxygen atoms in total. The molecule has 0 unspecified atom stereocenters. The first-order valence-electron chi connectivity index (χ1n) is 5.47. The van der Waals surface area contributed by atoms with Crippen molar-refractivity contribution in [2.45, 2.75) is 6.92 Å². The van der Waals surface area contributed by atoms with Crippen molar-refractivity contribution < 1.29 is 14.1 Å². The maximum atomic E-state index is 11.9. The number of hydrogen-bond donors (Lipinski definition) is 0. The molecule has 0 bridgehead atoms. The molecule has 2 rings (SSSR count). The number of amides is 1. The fourth-order valence-electron chi connectivity index (χ4n) is 1.50. The summed E-state index contributed by atoms with van der Waals surface area (Å²) in [4.78, 5) is 13.4. The zero-order valence-electron chi connectivity index (χ0n) is 10.5. The molecular formula is C12H14N4O2. The number of hydrogen-bond acceptors (Lipinski definition) is 4. The first kappa shape index (κ1) is 12.1. The Bertz CT molecular complexity index is 548. The van der Waals surface area contributed by atoms with Gasteiger partial charge in [-0.3, -0.25) is 0 Å². The summed E-state index contributed by atoms with van der Waals surface area (Å²) in [5, 5.41) is 9.43. The first-order chi connectivity index (χ1) is 8.59. The van der Waals surface area contributed by atoms with Gasteiger partial charge in [0.1, 0.15) is 5.88 Å². The largest absolute Gasteiger partial charge is 0.584 e. The van der Waals surface area contributed by atoms with E-state index < -0.39 is 0 Å². The molecule has 2 aromatic rings. The van der Waals surface area contributed by atoms with E-state index in [4.69, 9.17) is 4.52 Å². The molecule has 6 heteroatoms. The van der Waals surface area contributed by atoms with Gasteiger partial charge in [0.2, 0.25) is 5.27 Å². The molecule has 1 aromatic heterocycles. The maximum Gasteiger partial charge on any atom is 0.266 e. The molecule has 0 atom stereocenters. The van der Waals surface area contributed by atoms with Gasteiger partial charge < -0.3 is 14.6 Å². The number of rotatable bonds is 3. The second-order valence-electron chi connectivity index (χ2n) is 3.98. The minimum Gasteiger partial charge on any atom is -0.584 e. The fourth-order valence-corrected chi connectivity index (χ4v) is 1.50. The van der Waals surface area contributed by atoms with E-state index in [2.05, 4.69) is 10.6 Å². The van der Waals surface area contributed by atoms with Crippen LogP contribution in [0.5, 0.6) is 0 Å². The van der Waals surface area contributed by atoms with Crippen LogP contribution in [0.4, 0.5) is 5.88 Å². The number of carbonyl (C=O) groups is 1. The molecular weight excluding hydrogens is 232 g/mol. The van der Waals surface area contributed by atoms with Gasteiger partial charge >= 0.3 is 0 Å². The fraction of sp³-hybridized carbons (Fsp3) is 0.250. The minimum atomic E-state index is -0.347. The molecule has 0 aliphatic carbocycles. The smallest absolute Gasteiger partial charge is 0.266 e. The summed E-state index contributed by atoms with van der Waals surface area (Å²) < 4.78 is 5.03. The van der Waals surface area contributed by atoms with E-state index in [1.807, 2.05) is 20.2 Å². The van der Waals surface area contributed by atoms with Crippen LogP contribution in [0, 0.1) is 6.92 Å². The van der Waals surface area contributed by atoms with Crippen molar-refractivity contribution in [2.24, 2.45) is 0 Å². The summed E-state index contributed by atoms with van der Waals surface area (Å²) in [5.41, 5.74) is 1.19. The monoisotopic (exact) mass is 246 g/mol. The van der Waals surface area contributed by atoms with Gasteiger partial charge in [-0.2, -0.15) is 5.01 Å². The van der Waals surface area contributed by atoms with Gasteiger partial charge in [0.25, 0.3) is 5.69 Å². The van der Waals surface area contributed by atoms with Crippen molar-refractivity contribution in [2.75, 3.05) is 19.1 Å². The molecule has 1 heterocycles. The highest BCUT2D eigenvalue weighted by molar-refractivity contribution is 6.08. The Morgan fingerprint density at radius 2 is 2.00 bits per heavy atom. The van der Waals surface area contributed by atoms with E-state index in [-0.39, 0.29) is 11.8 Å². The molecule has 1 aromatic carbocycles. The van der Waals surface area contributed by atoms with E-state index in [9.17, 15) is 4.79 Å². The Morgan fingerprint density at radius 3 is 2.56 bits per heavy atom. The Balaban J connectivity index is 2.18. The molecule has 0 N–H and O–H groups in total. The Kier molecular flexibility index (Phi) is 3.27. The van der Waals surface area contributed by atoms with Crippen LogP contribution in [-0.2, 0) is 0 Å². The molecule has 0 saturated carbocycles. The number of nitrogens with zero attached hydrogens (tertiary/aromatic N) is 4. The van der Waals surface area contributed by atoms with Crippen LogP contribution in [0.1, 0.15) is 16.1 Å². The van der Waals surface area contributed by atoms with Crippen molar-refractivity contribution in [1.82, 2.24) is 5.27 Å². The van der Waals surface area contributed by atoms with Gasteiger partial charge in [0.05, 0.1) is 24.8 Å². The third-order valence-corrected chi connectivity index (χ3v) is 2.42. The van der Waals surface area contributed by atoms with E-state index >= 15 is 0 Å². The lowest BCUT2D eigenvalue weighted by molar-refractivity contribution is -0.758. The molecule has 94 valence electrons. The maximum absolute atomic E-state index is 11.9. The van der Waals surface area contributed by atoms with E-state index in [1.54, 1.807) is 36.2 Å². The van der Waals surface area contributed by atoms with Gasteiger partial charge in [-0.25, -0.2) is 0 Å². The minimum absolute atomic E-state index is 0.220. The highest BCUT2D eigenvalue weighted by atomic mass is 16.5. The van der Waals surface area contributed by atoms with Crippen LogP contribution in [-0.4, -0.2) is 25.3 Å². The third kappa shape index (κ3) is 2.32. The number of carbonyl (C=O) groups excluding carboxylic acids is 1. The van der Waals surface area contributed by atoms with Crippen molar-refractivity contribution in [3.8, 4) is 0 Å². The number of benzene rings is 1. The van der Waals surface area contributed by atoms with Crippen molar-refractivity contribution in [3.05, 3.63) is 46.9 Å². The Labute approximate surface area is 105 Å². The van der Waals surface area contributed by atoms with E-state index in [1.165, 1.54) is 4.79 Å². The molecule has 0 aliphatic heterocycles. The average molecular weight is 246 g/mol. The standard InChI is InChI=1S/C12H14N4O2/c1-9-12(18-14-16(9)15(2)3)13-11(17)10-7-5-4-6-8-10/h4-8H,1-3H3. The summed E-state index contributed by atoms with van der Waals surface area (Å²) in [6.45, 7) is 1.79. The Hall–Kier alpha value is -2.37. The first-order valence-corrected chi connectivity index (χ1v) is 5.47. The predicted molar refractivity (Wildman–Crippen MR) is 65.3 cm³/mol. The third-order valence-electron chi connectivity index (χ3n) is 2.42. The molecule has 18 heavy (non-hydrogen) atoms. The summed E-state index contributed by atoms with van der Waals surface area (Å²) >= 11 is 0. The lowest BCUT2D eigenvalue weighted by atomic mass is 10.2. The molecule has 0 aliphatic rings. The van der Waals surface area contributed by atoms with Crippen LogP contribution < -0.4 is 9.80 Å². The average Bonchev–Trinajstić information content (AvgIpc) is 2.72. The summed E-state index contributed by atoms with van der Waals surface area (Å²) in [7, 11) is 3.64. The van der Waals surface area contributed by atoms with E-state index in [0.29, 0.717) is 11.3 Å². The lowest BCUT2D eigenvalue weighted by Gasteiger charge is -2.13. The molecule has 0 radical (unpaired) electrons. The van der Waals surface area contributed by atoms with Gasteiger partial charge in [-0.05, 0) is 5.56 Å². The zero-order valence-corrected chi connectivity index (χ0v) is 10.5. The quantitative estimate of drug-likeness (QED) is 0.766. The van der Waals surface area contributed by atoms with Crippen LogP contribution >= 0.6 is 0 Å². The van der Waals surface area contributed by atoms with Crippen LogP contribution in [0.15, 0.2) is 34.9 Å². The number of aromatic nitrogens is 2. The van der Waals surface area contributed by atoms with Crippen molar-refractivity contribution >= 4 is 11.8 Å². The SMILES string of the molecule is Cc1c([N-]C(=O)c2ccccc2)on[n+]1N(C)C. The second kappa shape index (κ2) is 4.87. The van der Waals surface area contributed by atoms with Crippen LogP contribution in [0.25, 0.3) is 5.32 Å². The molecule has 0 fully saturated rings. The summed E-state index contributed by atoms with van der Waals surface area (Å²) in [6.07, 6.45) is 0. The topological polar surface area (TPSA) is 64.3 Å².